The summed E-state index contributed by atoms with van der Waals surface area (Å²) in [6, 6.07) is 15.0. The van der Waals surface area contributed by atoms with Crippen LogP contribution in [0, 0.1) is 5.92 Å². The number of anilines is 1. The van der Waals surface area contributed by atoms with Crippen LogP contribution in [-0.4, -0.2) is 16.3 Å². The van der Waals surface area contributed by atoms with E-state index >= 15 is 0 Å². The number of aromatic nitrogens is 2. The van der Waals surface area contributed by atoms with Gasteiger partial charge in [-0.1, -0.05) is 41.5 Å². The Morgan fingerprint density at radius 2 is 1.70 bits per heavy atom. The van der Waals surface area contributed by atoms with Crippen molar-refractivity contribution in [2.45, 2.75) is 25.4 Å². The van der Waals surface area contributed by atoms with Crippen LogP contribution >= 0.6 is 0 Å². The van der Waals surface area contributed by atoms with Gasteiger partial charge in [-0.15, -0.1) is 5.10 Å². The topological polar surface area (TPSA) is 86.5 Å². The lowest BCUT2D eigenvalue weighted by Gasteiger charge is -2.27. The van der Waals surface area contributed by atoms with Gasteiger partial charge in [0.25, 0.3) is 0 Å². The van der Waals surface area contributed by atoms with Crippen molar-refractivity contribution in [2.75, 3.05) is 5.32 Å². The van der Waals surface area contributed by atoms with Gasteiger partial charge >= 0.3 is 12.1 Å². The fourth-order valence-corrected chi connectivity index (χ4v) is 3.17. The van der Waals surface area contributed by atoms with E-state index in [4.69, 9.17) is 13.9 Å². The maximum Gasteiger partial charge on any atom is 0.416 e. The molecule has 5 rings (SSSR count). The summed E-state index contributed by atoms with van der Waals surface area (Å²) in [5, 5.41) is 10.3. The summed E-state index contributed by atoms with van der Waals surface area (Å²) in [4.78, 5) is 12.4. The highest BCUT2D eigenvalue weighted by Crippen LogP contribution is 2.44. The number of nitrogens with zero attached hydrogens (tertiary/aromatic N) is 2. The third-order valence-electron chi connectivity index (χ3n) is 4.68. The van der Waals surface area contributed by atoms with Crippen molar-refractivity contribution < 1.29 is 18.7 Å². The summed E-state index contributed by atoms with van der Waals surface area (Å²) in [5.41, 5.74) is 1.57. The molecule has 2 aliphatic rings. The number of nitrogens with one attached hydrogen (secondary N) is 1. The third-order valence-corrected chi connectivity index (χ3v) is 4.68. The normalized spacial score (nSPS) is 15.4. The van der Waals surface area contributed by atoms with Crippen molar-refractivity contribution in [2.24, 2.45) is 5.92 Å². The number of hydrogen-bond donors (Lipinski definition) is 1. The van der Waals surface area contributed by atoms with Crippen molar-refractivity contribution in [3.63, 3.8) is 0 Å². The molecular formula is C20H17N3O4. The monoisotopic (exact) mass is 363 g/mol. The molecule has 1 N–H and O–H groups in total. The molecule has 0 saturated heterocycles. The molecule has 1 aliphatic carbocycles. The zero-order chi connectivity index (χ0) is 18.2. The van der Waals surface area contributed by atoms with E-state index < -0.39 is 12.2 Å². The number of ether oxygens (including phenoxy) is 2. The van der Waals surface area contributed by atoms with Crippen LogP contribution in [0.3, 0.4) is 0 Å². The van der Waals surface area contributed by atoms with E-state index in [-0.39, 0.29) is 6.01 Å². The third kappa shape index (κ3) is 3.23. The molecule has 3 aromatic rings. The van der Waals surface area contributed by atoms with Crippen LogP contribution in [0.4, 0.5) is 10.8 Å². The largest absolute Gasteiger partial charge is 0.456 e. The predicted molar refractivity (Wildman–Crippen MR) is 95.6 cm³/mol. The first-order valence-electron chi connectivity index (χ1n) is 8.92. The number of fused-ring (bicyclic) bond motifs is 2. The zero-order valence-corrected chi connectivity index (χ0v) is 14.4. The molecule has 0 spiro atoms. The van der Waals surface area contributed by atoms with E-state index in [1.165, 1.54) is 12.8 Å². The maximum absolute atomic E-state index is 12.4. The Bertz CT molecular complexity index is 951. The highest BCUT2D eigenvalue weighted by Gasteiger charge is 2.30. The van der Waals surface area contributed by atoms with Crippen molar-refractivity contribution in [1.29, 1.82) is 0 Å². The Labute approximate surface area is 155 Å². The minimum atomic E-state index is -0.659. The fraction of sp³-hybridized carbons (Fsp3) is 0.250. The predicted octanol–water partition coefficient (Wildman–Crippen LogP) is 4.47. The molecule has 0 atom stereocenters. The van der Waals surface area contributed by atoms with Gasteiger partial charge in [-0.2, -0.15) is 0 Å². The van der Waals surface area contributed by atoms with Gasteiger partial charge in [-0.05, 0) is 30.9 Å². The molecule has 0 unspecified atom stereocenters. The number of carbonyl (C=O) groups is 1. The molecule has 7 heteroatoms. The Kier molecular flexibility index (Phi) is 3.78. The molecule has 136 valence electrons. The van der Waals surface area contributed by atoms with E-state index in [1.54, 1.807) is 0 Å². The average molecular weight is 363 g/mol. The lowest BCUT2D eigenvalue weighted by molar-refractivity contribution is 0.124. The van der Waals surface area contributed by atoms with Crippen LogP contribution in [0.1, 0.15) is 36.0 Å². The van der Waals surface area contributed by atoms with Crippen LogP contribution < -0.4 is 10.1 Å². The van der Waals surface area contributed by atoms with E-state index in [2.05, 4.69) is 15.5 Å². The number of para-hydroxylation sites is 2. The standard InChI is InChI=1S/C20H17N3O4/c24-20(21-19-23-22-17(26-19)11-12-9-10-12)27-18-13-5-1-3-7-15(13)25-16-8-4-2-6-14(16)18/h1-8,12,18H,9-11H2,(H,21,23,24). The van der Waals surface area contributed by atoms with Crippen molar-refractivity contribution in [3.8, 4) is 11.5 Å². The second-order valence-corrected chi connectivity index (χ2v) is 6.74. The summed E-state index contributed by atoms with van der Waals surface area (Å²) in [6.45, 7) is 0. The summed E-state index contributed by atoms with van der Waals surface area (Å²) < 4.78 is 17.1. The highest BCUT2D eigenvalue weighted by atomic mass is 16.6. The number of amides is 1. The van der Waals surface area contributed by atoms with Crippen LogP contribution in [-0.2, 0) is 11.2 Å². The maximum atomic E-state index is 12.4. The van der Waals surface area contributed by atoms with E-state index in [0.29, 0.717) is 23.3 Å². The van der Waals surface area contributed by atoms with Gasteiger partial charge in [-0.3, -0.25) is 0 Å². The zero-order valence-electron chi connectivity index (χ0n) is 14.4. The van der Waals surface area contributed by atoms with E-state index in [0.717, 1.165) is 17.5 Å². The molecule has 1 aromatic heterocycles. The number of hydrogen-bond acceptors (Lipinski definition) is 6. The number of carbonyl (C=O) groups excluding carboxylic acids is 1. The van der Waals surface area contributed by atoms with Crippen LogP contribution in [0.5, 0.6) is 11.5 Å². The van der Waals surface area contributed by atoms with Crippen LogP contribution in [0.2, 0.25) is 0 Å². The van der Waals surface area contributed by atoms with Gasteiger partial charge in [0, 0.05) is 17.5 Å². The molecular weight excluding hydrogens is 346 g/mol. The first kappa shape index (κ1) is 15.9. The molecule has 7 nitrogen and oxygen atoms in total. The van der Waals surface area contributed by atoms with Crippen molar-refractivity contribution >= 4 is 12.1 Å². The Balaban J connectivity index is 1.35. The Hall–Kier alpha value is -3.35. The van der Waals surface area contributed by atoms with Crippen LogP contribution in [0.15, 0.2) is 52.9 Å². The smallest absolute Gasteiger partial charge is 0.416 e. The Morgan fingerprint density at radius 1 is 1.04 bits per heavy atom. The molecule has 27 heavy (non-hydrogen) atoms. The first-order chi connectivity index (χ1) is 13.3. The molecule has 1 fully saturated rings. The number of benzene rings is 2. The first-order valence-corrected chi connectivity index (χ1v) is 8.92. The van der Waals surface area contributed by atoms with Gasteiger partial charge in [-0.25, -0.2) is 10.1 Å². The van der Waals surface area contributed by atoms with E-state index in [1.807, 2.05) is 48.5 Å². The average Bonchev–Trinajstić information content (AvgIpc) is 3.39. The summed E-state index contributed by atoms with van der Waals surface area (Å²) in [6.07, 6.45) is 1.89. The molecule has 1 aliphatic heterocycles. The van der Waals surface area contributed by atoms with Gasteiger partial charge in [0.15, 0.2) is 6.10 Å². The fourth-order valence-electron chi connectivity index (χ4n) is 3.17. The second kappa shape index (κ2) is 6.42. The molecule has 0 radical (unpaired) electrons. The van der Waals surface area contributed by atoms with Gasteiger partial charge in [0.2, 0.25) is 5.89 Å². The molecule has 1 amide bonds. The lowest BCUT2D eigenvalue weighted by Crippen LogP contribution is -2.21. The Morgan fingerprint density at radius 3 is 2.37 bits per heavy atom. The quantitative estimate of drug-likeness (QED) is 0.736. The minimum Gasteiger partial charge on any atom is -0.456 e. The molecule has 2 aromatic carbocycles. The van der Waals surface area contributed by atoms with E-state index in [9.17, 15) is 4.79 Å². The molecule has 0 bridgehead atoms. The van der Waals surface area contributed by atoms with Gasteiger partial charge < -0.3 is 13.9 Å². The summed E-state index contributed by atoms with van der Waals surface area (Å²) in [7, 11) is 0. The highest BCUT2D eigenvalue weighted by molar-refractivity contribution is 5.82. The minimum absolute atomic E-state index is 0.0456. The van der Waals surface area contributed by atoms with Crippen molar-refractivity contribution in [1.82, 2.24) is 10.2 Å². The lowest BCUT2D eigenvalue weighted by atomic mass is 9.97. The van der Waals surface area contributed by atoms with Gasteiger partial charge in [0.1, 0.15) is 11.5 Å². The molecule has 1 saturated carbocycles. The summed E-state index contributed by atoms with van der Waals surface area (Å²) >= 11 is 0. The summed E-state index contributed by atoms with van der Waals surface area (Å²) in [5.74, 6) is 2.49. The molecule has 2 heterocycles. The SMILES string of the molecule is O=C(Nc1nnc(CC2CC2)o1)OC1c2ccccc2Oc2ccccc21. The second-order valence-electron chi connectivity index (χ2n) is 6.74. The van der Waals surface area contributed by atoms with Crippen LogP contribution in [0.25, 0.3) is 0 Å². The van der Waals surface area contributed by atoms with Gasteiger partial charge in [0.05, 0.1) is 0 Å². The van der Waals surface area contributed by atoms with Crippen molar-refractivity contribution in [3.05, 3.63) is 65.5 Å². The number of rotatable bonds is 4.